The molecule has 1 saturated heterocycles. The molecule has 5 rings (SSSR count). The Bertz CT molecular complexity index is 1190. The molecular formula is C20H16B3F2N3O4. The third-order valence-electron chi connectivity index (χ3n) is 5.92. The van der Waals surface area contributed by atoms with E-state index in [1.54, 1.807) is 12.3 Å². The van der Waals surface area contributed by atoms with E-state index in [0.717, 1.165) is 12.1 Å². The number of fused-ring (bicyclic) bond motifs is 2. The first kappa shape index (κ1) is 21.6. The molecule has 2 N–H and O–H groups in total. The first-order valence-electron chi connectivity index (χ1n) is 9.96. The van der Waals surface area contributed by atoms with Crippen LogP contribution in [0, 0.1) is 11.6 Å². The first-order chi connectivity index (χ1) is 15.2. The molecule has 2 aliphatic rings. The molecular weight excluding hydrogens is 417 g/mol. The summed E-state index contributed by atoms with van der Waals surface area (Å²) in [4.78, 5) is 8.25. The molecule has 32 heavy (non-hydrogen) atoms. The quantitative estimate of drug-likeness (QED) is 0.577. The van der Waals surface area contributed by atoms with Gasteiger partial charge in [-0.15, -0.1) is 0 Å². The monoisotopic (exact) mass is 433 g/mol. The van der Waals surface area contributed by atoms with Crippen molar-refractivity contribution in [3.05, 3.63) is 59.2 Å². The molecule has 1 aromatic carbocycles. The highest BCUT2D eigenvalue weighted by atomic mass is 19.2. The van der Waals surface area contributed by atoms with Gasteiger partial charge in [-0.1, -0.05) is 5.11 Å². The standard InChI is InChI=1S/C20H16B3F2N3O4/c21-20(22,23)17-9-1-3-28(18(9)27-7-26-17)19-14(30)13(29)16(32-19)15-10-6-12(25)11(24)5-8(10)2-4-31-15/h1,3,5-7,13-16,19,29-30H,2,4H2/t13-,14+,15+,16-,19?/m0/s1. The molecule has 1 unspecified atom stereocenters. The summed E-state index contributed by atoms with van der Waals surface area (Å²) in [5.74, 6) is -1.99. The summed E-state index contributed by atoms with van der Waals surface area (Å²) >= 11 is 0. The summed E-state index contributed by atoms with van der Waals surface area (Å²) < 4.78 is 40.8. The Labute approximate surface area is 186 Å². The molecule has 5 atom stereocenters. The van der Waals surface area contributed by atoms with Gasteiger partial charge in [0, 0.05) is 17.3 Å². The summed E-state index contributed by atoms with van der Waals surface area (Å²) in [6.45, 7) is 0.227. The molecule has 3 aromatic rings. The highest BCUT2D eigenvalue weighted by molar-refractivity contribution is 6.59. The van der Waals surface area contributed by atoms with Crippen LogP contribution in [-0.2, 0) is 21.0 Å². The lowest BCUT2D eigenvalue weighted by atomic mass is 9.41. The highest BCUT2D eigenvalue weighted by Crippen LogP contribution is 2.42. The molecule has 0 spiro atoms. The zero-order valence-corrected chi connectivity index (χ0v) is 16.7. The topological polar surface area (TPSA) is 89.6 Å². The maximum absolute atomic E-state index is 13.9. The Morgan fingerprint density at radius 1 is 1.09 bits per heavy atom. The molecule has 4 heterocycles. The van der Waals surface area contributed by atoms with Crippen LogP contribution in [0.3, 0.4) is 0 Å². The van der Waals surface area contributed by atoms with E-state index in [1.807, 2.05) is 0 Å². The zero-order chi connectivity index (χ0) is 22.8. The van der Waals surface area contributed by atoms with Gasteiger partial charge in [0.25, 0.3) is 0 Å². The molecule has 12 heteroatoms. The fourth-order valence-electron chi connectivity index (χ4n) is 4.43. The minimum Gasteiger partial charge on any atom is -0.387 e. The van der Waals surface area contributed by atoms with Crippen LogP contribution < -0.4 is 0 Å². The van der Waals surface area contributed by atoms with Crippen molar-refractivity contribution in [3.63, 3.8) is 0 Å². The third-order valence-corrected chi connectivity index (χ3v) is 5.92. The minimum atomic E-state index is -1.72. The molecule has 2 aliphatic heterocycles. The smallest absolute Gasteiger partial charge is 0.164 e. The minimum absolute atomic E-state index is 0.188. The van der Waals surface area contributed by atoms with Crippen LogP contribution in [0.15, 0.2) is 30.7 Å². The normalized spacial score (nSPS) is 28.2. The van der Waals surface area contributed by atoms with Crippen molar-refractivity contribution in [2.75, 3.05) is 6.61 Å². The Morgan fingerprint density at radius 2 is 1.84 bits per heavy atom. The maximum Gasteiger partial charge on any atom is 0.164 e. The SMILES string of the molecule is [B]C([B])([B])c1ncnc2c1ccn2C1O[C@H]([C@@H]2OCCc3cc(F)c(F)cc32)[C@@H](O)[C@H]1O. The molecule has 0 aliphatic carbocycles. The average molecular weight is 433 g/mol. The first-order valence-corrected chi connectivity index (χ1v) is 9.96. The Hall–Kier alpha value is -2.27. The second kappa shape index (κ2) is 7.66. The van der Waals surface area contributed by atoms with E-state index in [4.69, 9.17) is 33.0 Å². The van der Waals surface area contributed by atoms with Gasteiger partial charge in [-0.05, 0) is 35.7 Å². The lowest BCUT2D eigenvalue weighted by Crippen LogP contribution is -2.37. The van der Waals surface area contributed by atoms with E-state index in [9.17, 15) is 19.0 Å². The summed E-state index contributed by atoms with van der Waals surface area (Å²) in [5.41, 5.74) is 1.44. The van der Waals surface area contributed by atoms with Crippen LogP contribution in [0.1, 0.15) is 29.2 Å². The number of rotatable bonds is 3. The van der Waals surface area contributed by atoms with Crippen LogP contribution in [0.5, 0.6) is 0 Å². The fourth-order valence-corrected chi connectivity index (χ4v) is 4.43. The van der Waals surface area contributed by atoms with Crippen LogP contribution >= 0.6 is 0 Å². The Morgan fingerprint density at radius 3 is 2.59 bits per heavy atom. The Balaban J connectivity index is 1.51. The summed E-state index contributed by atoms with van der Waals surface area (Å²) in [6.07, 6.45) is -2.57. The van der Waals surface area contributed by atoms with Gasteiger partial charge < -0.3 is 24.3 Å². The van der Waals surface area contributed by atoms with E-state index < -0.39 is 47.4 Å². The zero-order valence-electron chi connectivity index (χ0n) is 16.7. The fraction of sp³-hybridized carbons (Fsp3) is 0.400. The van der Waals surface area contributed by atoms with Gasteiger partial charge in [-0.25, -0.2) is 18.7 Å². The number of nitrogens with zero attached hydrogens (tertiary/aromatic N) is 3. The number of halogens is 2. The van der Waals surface area contributed by atoms with Crippen molar-refractivity contribution in [2.45, 2.75) is 42.2 Å². The lowest BCUT2D eigenvalue weighted by molar-refractivity contribution is -0.113. The van der Waals surface area contributed by atoms with Crippen LogP contribution in [0.25, 0.3) is 11.0 Å². The molecule has 0 amide bonds. The van der Waals surface area contributed by atoms with Crippen LogP contribution in [-0.4, -0.2) is 73.2 Å². The van der Waals surface area contributed by atoms with Crippen molar-refractivity contribution in [2.24, 2.45) is 0 Å². The number of benzene rings is 1. The second-order valence-electron chi connectivity index (χ2n) is 8.09. The summed E-state index contributed by atoms with van der Waals surface area (Å²) in [7, 11) is 17.4. The van der Waals surface area contributed by atoms with E-state index >= 15 is 0 Å². The lowest BCUT2D eigenvalue weighted by Gasteiger charge is -2.31. The van der Waals surface area contributed by atoms with Crippen molar-refractivity contribution < 1.29 is 28.5 Å². The largest absolute Gasteiger partial charge is 0.387 e. The second-order valence-corrected chi connectivity index (χ2v) is 8.09. The number of hydrogen-bond donors (Lipinski definition) is 2. The van der Waals surface area contributed by atoms with E-state index in [1.165, 1.54) is 10.9 Å². The summed E-state index contributed by atoms with van der Waals surface area (Å²) in [6, 6.07) is 3.77. The van der Waals surface area contributed by atoms with Crippen molar-refractivity contribution in [3.8, 4) is 0 Å². The van der Waals surface area contributed by atoms with Crippen molar-refractivity contribution >= 4 is 34.6 Å². The van der Waals surface area contributed by atoms with E-state index in [2.05, 4.69) is 9.97 Å². The number of aromatic nitrogens is 3. The maximum atomic E-state index is 13.9. The van der Waals surface area contributed by atoms with E-state index in [0.29, 0.717) is 28.6 Å². The van der Waals surface area contributed by atoms with Gasteiger partial charge in [-0.2, -0.15) is 0 Å². The van der Waals surface area contributed by atoms with Gasteiger partial charge >= 0.3 is 0 Å². The molecule has 6 radical (unpaired) electrons. The molecule has 2 aromatic heterocycles. The molecule has 0 saturated carbocycles. The number of ether oxygens (including phenoxy) is 2. The number of aliphatic hydroxyl groups is 2. The van der Waals surface area contributed by atoms with Crippen molar-refractivity contribution in [1.82, 2.24) is 14.5 Å². The molecule has 7 nitrogen and oxygen atoms in total. The van der Waals surface area contributed by atoms with Gasteiger partial charge in [0.15, 0.2) is 17.9 Å². The molecule has 1 fully saturated rings. The van der Waals surface area contributed by atoms with E-state index in [-0.39, 0.29) is 12.3 Å². The van der Waals surface area contributed by atoms with Crippen LogP contribution in [0.4, 0.5) is 8.78 Å². The Kier molecular flexibility index (Phi) is 5.16. The molecule has 0 bridgehead atoms. The predicted octanol–water partition coefficient (Wildman–Crippen LogP) is 0.258. The van der Waals surface area contributed by atoms with Crippen molar-refractivity contribution in [1.29, 1.82) is 0 Å². The van der Waals surface area contributed by atoms with Crippen LogP contribution in [0.2, 0.25) is 0 Å². The van der Waals surface area contributed by atoms with Gasteiger partial charge in [-0.3, -0.25) is 0 Å². The number of aliphatic hydroxyl groups excluding tert-OH is 2. The third kappa shape index (κ3) is 3.37. The predicted molar refractivity (Wildman–Crippen MR) is 111 cm³/mol. The number of hydrogen-bond acceptors (Lipinski definition) is 6. The molecule has 158 valence electrons. The summed E-state index contributed by atoms with van der Waals surface area (Å²) in [5, 5.41) is 20.2. The van der Waals surface area contributed by atoms with Gasteiger partial charge in [0.05, 0.1) is 30.1 Å². The van der Waals surface area contributed by atoms with Gasteiger partial charge in [0.1, 0.15) is 36.4 Å². The average Bonchev–Trinajstić information content (AvgIpc) is 3.29. The van der Waals surface area contributed by atoms with Gasteiger partial charge in [0.2, 0.25) is 0 Å². The highest BCUT2D eigenvalue weighted by Gasteiger charge is 2.49.